The first kappa shape index (κ1) is 17.0. The largest absolute Gasteiger partial charge is 0.469 e. The van der Waals surface area contributed by atoms with Gasteiger partial charge in [0, 0.05) is 12.2 Å². The van der Waals surface area contributed by atoms with Crippen LogP contribution in [-0.2, 0) is 16.0 Å². The molecule has 1 aromatic carbocycles. The molecule has 0 saturated carbocycles. The van der Waals surface area contributed by atoms with Crippen molar-refractivity contribution in [3.63, 3.8) is 0 Å². The third kappa shape index (κ3) is 7.98. The highest BCUT2D eigenvalue weighted by molar-refractivity contribution is 8.13. The molecule has 1 rings (SSSR count). The zero-order valence-corrected chi connectivity index (χ0v) is 12.7. The van der Waals surface area contributed by atoms with Crippen LogP contribution in [0.1, 0.15) is 18.4 Å². The highest BCUT2D eigenvalue weighted by Crippen LogP contribution is 2.13. The van der Waals surface area contributed by atoms with Gasteiger partial charge >= 0.3 is 12.0 Å². The molecule has 3 N–H and O–H groups in total. The lowest BCUT2D eigenvalue weighted by atomic mass is 10.1. The monoisotopic (exact) mass is 309 g/mol. The fourth-order valence-corrected chi connectivity index (χ4v) is 2.39. The average molecular weight is 309 g/mol. The Morgan fingerprint density at radius 1 is 1.29 bits per heavy atom. The molecule has 2 amide bonds. The van der Waals surface area contributed by atoms with Crippen LogP contribution in [0, 0.1) is 0 Å². The van der Waals surface area contributed by atoms with E-state index in [9.17, 15) is 9.59 Å². The molecule has 0 spiro atoms. The highest BCUT2D eigenvalue weighted by atomic mass is 32.2. The number of amides is 2. The number of thioether (sulfide) groups is 1. The molecular formula is C14H19N3O3S. The number of nitrogens with zero attached hydrogens (tertiary/aromatic N) is 1. The summed E-state index contributed by atoms with van der Waals surface area (Å²) in [5.41, 5.74) is 8.41. The number of hydrogen-bond donors (Lipinski definition) is 2. The number of benzene rings is 1. The lowest BCUT2D eigenvalue weighted by molar-refractivity contribution is -0.140. The smallest absolute Gasteiger partial charge is 0.332 e. The summed E-state index contributed by atoms with van der Waals surface area (Å²) < 4.78 is 4.58. The van der Waals surface area contributed by atoms with Gasteiger partial charge in [0.05, 0.1) is 18.6 Å². The Bertz CT molecular complexity index is 491. The van der Waals surface area contributed by atoms with Gasteiger partial charge in [0.15, 0.2) is 0 Å². The number of ether oxygens (including phenoxy) is 1. The molecular weight excluding hydrogens is 290 g/mol. The number of esters is 1. The van der Waals surface area contributed by atoms with Crippen LogP contribution in [0.3, 0.4) is 0 Å². The second kappa shape index (κ2) is 9.82. The van der Waals surface area contributed by atoms with Crippen LogP contribution < -0.4 is 11.2 Å². The molecule has 0 fully saturated rings. The summed E-state index contributed by atoms with van der Waals surface area (Å²) in [6, 6.07) is 9.24. The molecule has 0 heterocycles. The van der Waals surface area contributed by atoms with Gasteiger partial charge in [0.25, 0.3) is 0 Å². The van der Waals surface area contributed by atoms with Crippen LogP contribution in [0.2, 0.25) is 0 Å². The van der Waals surface area contributed by atoms with E-state index >= 15 is 0 Å². The lowest BCUT2D eigenvalue weighted by Crippen LogP contribution is -2.25. The average Bonchev–Trinajstić information content (AvgIpc) is 2.50. The first-order valence-corrected chi connectivity index (χ1v) is 7.46. The summed E-state index contributed by atoms with van der Waals surface area (Å²) in [6.45, 7) is 0. The summed E-state index contributed by atoms with van der Waals surface area (Å²) >= 11 is 1.41. The lowest BCUT2D eigenvalue weighted by Gasteiger charge is -2.06. The Balaban J connectivity index is 2.49. The maximum atomic E-state index is 11.1. The van der Waals surface area contributed by atoms with Crippen LogP contribution in [-0.4, -0.2) is 29.9 Å². The highest BCUT2D eigenvalue weighted by Gasteiger charge is 2.06. The molecule has 0 aromatic heterocycles. The van der Waals surface area contributed by atoms with Crippen molar-refractivity contribution < 1.29 is 14.3 Å². The number of primary amides is 1. The van der Waals surface area contributed by atoms with E-state index in [4.69, 9.17) is 5.73 Å². The van der Waals surface area contributed by atoms with Gasteiger partial charge in [-0.2, -0.15) is 5.10 Å². The standard InChI is InChI=1S/C14H19N3O3S/c1-20-13(18)9-10-21-12(16-17-14(15)19)8-7-11-5-3-2-4-6-11/h2-6H,7-10H2,1H3,(H3,15,17,19)/b16-12-. The molecule has 0 aliphatic rings. The van der Waals surface area contributed by atoms with Gasteiger partial charge in [-0.25, -0.2) is 10.2 Å². The van der Waals surface area contributed by atoms with Crippen LogP contribution in [0.5, 0.6) is 0 Å². The van der Waals surface area contributed by atoms with Gasteiger partial charge in [-0.15, -0.1) is 11.8 Å². The van der Waals surface area contributed by atoms with Gasteiger partial charge in [0.1, 0.15) is 0 Å². The number of carbonyl (C=O) groups is 2. The van der Waals surface area contributed by atoms with E-state index in [1.807, 2.05) is 30.3 Å². The summed E-state index contributed by atoms with van der Waals surface area (Å²) in [5.74, 6) is 0.272. The van der Waals surface area contributed by atoms with Crippen molar-refractivity contribution in [1.29, 1.82) is 0 Å². The van der Waals surface area contributed by atoms with Crippen molar-refractivity contribution in [2.24, 2.45) is 10.8 Å². The molecule has 1 aromatic rings. The summed E-state index contributed by atoms with van der Waals surface area (Å²) in [7, 11) is 1.35. The Labute approximate surface area is 128 Å². The Morgan fingerprint density at radius 3 is 2.62 bits per heavy atom. The second-order valence-electron chi connectivity index (χ2n) is 4.14. The topological polar surface area (TPSA) is 93.8 Å². The summed E-state index contributed by atoms with van der Waals surface area (Å²) in [6.07, 6.45) is 1.75. The van der Waals surface area contributed by atoms with Gasteiger partial charge in [0.2, 0.25) is 0 Å². The Hall–Kier alpha value is -2.02. The number of hydrazone groups is 1. The van der Waals surface area contributed by atoms with Crippen molar-refractivity contribution in [3.8, 4) is 0 Å². The van der Waals surface area contributed by atoms with Gasteiger partial charge in [-0.3, -0.25) is 4.79 Å². The van der Waals surface area contributed by atoms with Crippen molar-refractivity contribution in [3.05, 3.63) is 35.9 Å². The van der Waals surface area contributed by atoms with E-state index in [1.54, 1.807) is 0 Å². The van der Waals surface area contributed by atoms with E-state index in [1.165, 1.54) is 24.4 Å². The number of nitrogens with two attached hydrogens (primary N) is 1. The van der Waals surface area contributed by atoms with Gasteiger partial charge in [-0.1, -0.05) is 30.3 Å². The van der Waals surface area contributed by atoms with Crippen LogP contribution >= 0.6 is 11.8 Å². The number of carbonyl (C=O) groups excluding carboxylic acids is 2. The van der Waals surface area contributed by atoms with E-state index in [-0.39, 0.29) is 5.97 Å². The van der Waals surface area contributed by atoms with Crippen LogP contribution in [0.25, 0.3) is 0 Å². The maximum Gasteiger partial charge on any atom is 0.332 e. The van der Waals surface area contributed by atoms with E-state index in [2.05, 4.69) is 15.3 Å². The minimum Gasteiger partial charge on any atom is -0.469 e. The zero-order chi connectivity index (χ0) is 15.5. The molecule has 6 nitrogen and oxygen atoms in total. The molecule has 0 saturated heterocycles. The van der Waals surface area contributed by atoms with Crippen LogP contribution in [0.15, 0.2) is 35.4 Å². The molecule has 114 valence electrons. The predicted octanol–water partition coefficient (Wildman–Crippen LogP) is 1.90. The molecule has 0 aliphatic heterocycles. The van der Waals surface area contributed by atoms with Gasteiger partial charge in [-0.05, 0) is 12.0 Å². The summed E-state index contributed by atoms with van der Waals surface area (Å²) in [4.78, 5) is 21.8. The SMILES string of the molecule is COC(=O)CCS/C(CCc1ccccc1)=N\NC(N)=O. The summed E-state index contributed by atoms with van der Waals surface area (Å²) in [5, 5.41) is 4.69. The van der Waals surface area contributed by atoms with Crippen molar-refractivity contribution >= 4 is 28.8 Å². The number of hydrogen-bond acceptors (Lipinski definition) is 5. The molecule has 0 bridgehead atoms. The molecule has 0 radical (unpaired) electrons. The fraction of sp³-hybridized carbons (Fsp3) is 0.357. The molecule has 7 heteroatoms. The third-order valence-corrected chi connectivity index (χ3v) is 3.60. The normalized spacial score (nSPS) is 11.0. The number of methoxy groups -OCH3 is 1. The number of urea groups is 1. The third-order valence-electron chi connectivity index (χ3n) is 2.56. The van der Waals surface area contributed by atoms with Crippen molar-refractivity contribution in [2.75, 3.05) is 12.9 Å². The van der Waals surface area contributed by atoms with E-state index in [0.29, 0.717) is 18.6 Å². The molecule has 0 unspecified atom stereocenters. The molecule has 0 atom stereocenters. The van der Waals surface area contributed by atoms with Crippen LogP contribution in [0.4, 0.5) is 4.79 Å². The molecule has 0 aliphatic carbocycles. The van der Waals surface area contributed by atoms with Crippen molar-refractivity contribution in [1.82, 2.24) is 5.43 Å². The Morgan fingerprint density at radius 2 is 2.00 bits per heavy atom. The van der Waals surface area contributed by atoms with E-state index in [0.717, 1.165) is 11.5 Å². The van der Waals surface area contributed by atoms with Crippen molar-refractivity contribution in [2.45, 2.75) is 19.3 Å². The maximum absolute atomic E-state index is 11.1. The quantitative estimate of drug-likeness (QED) is 0.348. The predicted molar refractivity (Wildman–Crippen MR) is 84.0 cm³/mol. The first-order chi connectivity index (χ1) is 10.1. The second-order valence-corrected chi connectivity index (χ2v) is 5.31. The Kier molecular flexibility index (Phi) is 7.96. The number of aryl methyl sites for hydroxylation is 1. The van der Waals surface area contributed by atoms with Gasteiger partial charge < -0.3 is 10.5 Å². The minimum atomic E-state index is -0.708. The fourth-order valence-electron chi connectivity index (χ4n) is 1.53. The zero-order valence-electron chi connectivity index (χ0n) is 11.9. The minimum absolute atomic E-state index is 0.271. The number of rotatable bonds is 7. The number of nitrogens with one attached hydrogen (secondary N) is 1. The first-order valence-electron chi connectivity index (χ1n) is 6.47. The molecule has 21 heavy (non-hydrogen) atoms. The van der Waals surface area contributed by atoms with E-state index < -0.39 is 6.03 Å².